The first kappa shape index (κ1) is 15.2. The lowest BCUT2D eigenvalue weighted by atomic mass is 10.1. The molecule has 0 aliphatic carbocycles. The number of rotatable bonds is 0. The normalized spacial score (nSPS) is 25.6. The Bertz CT molecular complexity index is 248. The molecule has 1 atom stereocenters. The topological polar surface area (TPSA) is 35.5 Å². The van der Waals surface area contributed by atoms with Crippen LogP contribution in [0.4, 0.5) is 0 Å². The molecule has 0 amide bonds. The Morgan fingerprint density at radius 3 is 2.44 bits per heavy atom. The summed E-state index contributed by atoms with van der Waals surface area (Å²) in [6, 6.07) is 0. The van der Waals surface area contributed by atoms with Gasteiger partial charge in [-0.05, 0) is 32.6 Å². The summed E-state index contributed by atoms with van der Waals surface area (Å²) < 4.78 is 10.6. The SMILES string of the molecule is CC1OCCC=CCCCCCCCCOC1=O. The number of ether oxygens (including phenoxy) is 2. The van der Waals surface area contributed by atoms with Crippen LogP contribution in [0.5, 0.6) is 0 Å². The van der Waals surface area contributed by atoms with Gasteiger partial charge in [0.1, 0.15) is 0 Å². The van der Waals surface area contributed by atoms with Crippen molar-refractivity contribution in [2.75, 3.05) is 13.2 Å². The van der Waals surface area contributed by atoms with Crippen LogP contribution in [0.15, 0.2) is 12.2 Å². The van der Waals surface area contributed by atoms with Crippen LogP contribution in [0.1, 0.15) is 58.3 Å². The van der Waals surface area contributed by atoms with Crippen molar-refractivity contribution < 1.29 is 14.3 Å². The van der Waals surface area contributed by atoms with E-state index in [1.165, 1.54) is 25.7 Å². The summed E-state index contributed by atoms with van der Waals surface area (Å²) >= 11 is 0. The van der Waals surface area contributed by atoms with Crippen LogP contribution in [-0.2, 0) is 14.3 Å². The first-order valence-corrected chi connectivity index (χ1v) is 7.24. The van der Waals surface area contributed by atoms with E-state index in [4.69, 9.17) is 9.47 Å². The van der Waals surface area contributed by atoms with E-state index >= 15 is 0 Å². The third kappa shape index (κ3) is 7.49. The Morgan fingerprint density at radius 1 is 0.944 bits per heavy atom. The highest BCUT2D eigenvalue weighted by molar-refractivity contribution is 5.74. The van der Waals surface area contributed by atoms with E-state index in [0.717, 1.165) is 25.7 Å². The minimum absolute atomic E-state index is 0.230. The van der Waals surface area contributed by atoms with Gasteiger partial charge in [-0.15, -0.1) is 0 Å². The van der Waals surface area contributed by atoms with E-state index in [-0.39, 0.29) is 5.97 Å². The Labute approximate surface area is 111 Å². The predicted molar refractivity (Wildman–Crippen MR) is 72.4 cm³/mol. The number of hydrogen-bond acceptors (Lipinski definition) is 3. The average Bonchev–Trinajstić information content (AvgIpc) is 2.37. The molecule has 1 aliphatic heterocycles. The molecular weight excluding hydrogens is 228 g/mol. The molecule has 0 spiro atoms. The van der Waals surface area contributed by atoms with Crippen LogP contribution in [0, 0.1) is 0 Å². The Morgan fingerprint density at radius 2 is 1.61 bits per heavy atom. The fraction of sp³-hybridized carbons (Fsp3) is 0.800. The molecule has 0 bridgehead atoms. The molecule has 0 aromatic rings. The maximum absolute atomic E-state index is 11.5. The van der Waals surface area contributed by atoms with E-state index in [9.17, 15) is 4.79 Å². The molecule has 0 saturated heterocycles. The highest BCUT2D eigenvalue weighted by Crippen LogP contribution is 2.09. The van der Waals surface area contributed by atoms with Crippen LogP contribution >= 0.6 is 0 Å². The quantitative estimate of drug-likeness (QED) is 0.489. The van der Waals surface area contributed by atoms with Crippen molar-refractivity contribution in [1.82, 2.24) is 0 Å². The van der Waals surface area contributed by atoms with Crippen molar-refractivity contribution in [1.29, 1.82) is 0 Å². The van der Waals surface area contributed by atoms with Crippen LogP contribution in [0.2, 0.25) is 0 Å². The Kier molecular flexibility index (Phi) is 8.57. The van der Waals surface area contributed by atoms with Gasteiger partial charge in [0.05, 0.1) is 13.2 Å². The van der Waals surface area contributed by atoms with Crippen LogP contribution in [0.25, 0.3) is 0 Å². The van der Waals surface area contributed by atoms with Crippen molar-refractivity contribution in [3.63, 3.8) is 0 Å². The summed E-state index contributed by atoms with van der Waals surface area (Å²) in [7, 11) is 0. The van der Waals surface area contributed by atoms with E-state index in [1.54, 1.807) is 6.92 Å². The number of esters is 1. The summed E-state index contributed by atoms with van der Waals surface area (Å²) in [6.45, 7) is 2.88. The van der Waals surface area contributed by atoms with Gasteiger partial charge in [-0.25, -0.2) is 4.79 Å². The van der Waals surface area contributed by atoms with Crippen molar-refractivity contribution in [3.05, 3.63) is 12.2 Å². The molecule has 0 saturated carbocycles. The summed E-state index contributed by atoms with van der Waals surface area (Å²) in [5, 5.41) is 0. The number of hydrogen-bond donors (Lipinski definition) is 0. The molecule has 3 nitrogen and oxygen atoms in total. The van der Waals surface area contributed by atoms with Gasteiger partial charge in [-0.3, -0.25) is 0 Å². The zero-order chi connectivity index (χ0) is 13.1. The lowest BCUT2D eigenvalue weighted by Gasteiger charge is -2.12. The van der Waals surface area contributed by atoms with E-state index in [2.05, 4.69) is 12.2 Å². The summed E-state index contributed by atoms with van der Waals surface area (Å²) in [5.41, 5.74) is 0. The van der Waals surface area contributed by atoms with E-state index in [1.807, 2.05) is 0 Å². The van der Waals surface area contributed by atoms with E-state index in [0.29, 0.717) is 13.2 Å². The molecule has 0 N–H and O–H groups in total. The van der Waals surface area contributed by atoms with Crippen LogP contribution < -0.4 is 0 Å². The molecule has 0 aromatic heterocycles. The molecule has 0 fully saturated rings. The molecule has 1 rings (SSSR count). The smallest absolute Gasteiger partial charge is 0.334 e. The highest BCUT2D eigenvalue weighted by atomic mass is 16.6. The largest absolute Gasteiger partial charge is 0.464 e. The number of carbonyl (C=O) groups excluding carboxylic acids is 1. The molecule has 104 valence electrons. The second kappa shape index (κ2) is 10.1. The molecule has 1 aliphatic rings. The average molecular weight is 254 g/mol. The number of allylic oxidation sites excluding steroid dienone is 1. The highest BCUT2D eigenvalue weighted by Gasteiger charge is 2.13. The fourth-order valence-electron chi connectivity index (χ4n) is 1.98. The zero-order valence-corrected chi connectivity index (χ0v) is 11.5. The standard InChI is InChI=1S/C15H26O3/c1-14-15(16)18-13-11-9-7-5-3-2-4-6-8-10-12-17-14/h6,8,14H,2-5,7,9-13H2,1H3. The summed E-state index contributed by atoms with van der Waals surface area (Å²) in [5.74, 6) is -0.230. The van der Waals surface area contributed by atoms with Crippen LogP contribution in [0.3, 0.4) is 0 Å². The van der Waals surface area contributed by atoms with Crippen molar-refractivity contribution in [3.8, 4) is 0 Å². The fourth-order valence-corrected chi connectivity index (χ4v) is 1.98. The second-order valence-corrected chi connectivity index (χ2v) is 4.85. The predicted octanol–water partition coefficient (Wildman–Crippen LogP) is 3.63. The monoisotopic (exact) mass is 254 g/mol. The maximum atomic E-state index is 11.5. The van der Waals surface area contributed by atoms with Gasteiger partial charge < -0.3 is 9.47 Å². The Hall–Kier alpha value is -0.830. The number of carbonyl (C=O) groups is 1. The summed E-state index contributed by atoms with van der Waals surface area (Å²) in [6.07, 6.45) is 13.2. The Balaban J connectivity index is 2.29. The van der Waals surface area contributed by atoms with E-state index < -0.39 is 6.10 Å². The van der Waals surface area contributed by atoms with Gasteiger partial charge in [0.25, 0.3) is 0 Å². The molecule has 1 heterocycles. The third-order valence-corrected chi connectivity index (χ3v) is 3.16. The third-order valence-electron chi connectivity index (χ3n) is 3.16. The molecule has 18 heavy (non-hydrogen) atoms. The molecule has 1 unspecified atom stereocenters. The van der Waals surface area contributed by atoms with Gasteiger partial charge in [-0.2, -0.15) is 0 Å². The second-order valence-electron chi connectivity index (χ2n) is 4.85. The van der Waals surface area contributed by atoms with Crippen molar-refractivity contribution >= 4 is 5.97 Å². The van der Waals surface area contributed by atoms with Crippen LogP contribution in [-0.4, -0.2) is 25.3 Å². The minimum Gasteiger partial charge on any atom is -0.464 e. The lowest BCUT2D eigenvalue weighted by Crippen LogP contribution is -2.24. The lowest BCUT2D eigenvalue weighted by molar-refractivity contribution is -0.156. The maximum Gasteiger partial charge on any atom is 0.334 e. The molecule has 0 radical (unpaired) electrons. The first-order valence-electron chi connectivity index (χ1n) is 7.24. The van der Waals surface area contributed by atoms with Crippen molar-refractivity contribution in [2.45, 2.75) is 64.4 Å². The van der Waals surface area contributed by atoms with Gasteiger partial charge >= 0.3 is 5.97 Å². The van der Waals surface area contributed by atoms with Gasteiger partial charge in [0.15, 0.2) is 6.10 Å². The minimum atomic E-state index is -0.439. The molecular formula is C15H26O3. The zero-order valence-electron chi connectivity index (χ0n) is 11.5. The number of cyclic esters (lactones) is 1. The summed E-state index contributed by atoms with van der Waals surface area (Å²) in [4.78, 5) is 11.5. The van der Waals surface area contributed by atoms with Gasteiger partial charge in [-0.1, -0.05) is 37.8 Å². The first-order chi connectivity index (χ1) is 8.80. The van der Waals surface area contributed by atoms with Crippen molar-refractivity contribution in [2.24, 2.45) is 0 Å². The van der Waals surface area contributed by atoms with Gasteiger partial charge in [0.2, 0.25) is 0 Å². The molecule has 0 aromatic carbocycles. The molecule has 3 heteroatoms. The van der Waals surface area contributed by atoms with Gasteiger partial charge in [0, 0.05) is 0 Å².